The first kappa shape index (κ1) is 15.3. The minimum atomic E-state index is -0.201. The van der Waals surface area contributed by atoms with Crippen LogP contribution in [0.25, 0.3) is 0 Å². The molecule has 3 rings (SSSR count). The van der Waals surface area contributed by atoms with E-state index in [1.54, 1.807) is 0 Å². The predicted molar refractivity (Wildman–Crippen MR) is 88.2 cm³/mol. The lowest BCUT2D eigenvalue weighted by Crippen LogP contribution is -2.43. The van der Waals surface area contributed by atoms with Crippen LogP contribution >= 0.6 is 0 Å². The summed E-state index contributed by atoms with van der Waals surface area (Å²) in [5, 5.41) is 0. The van der Waals surface area contributed by atoms with Crippen molar-refractivity contribution >= 4 is 11.7 Å². The number of esters is 1. The number of carbonyl (C=O) groups is 1. The number of hydrogen-bond acceptors (Lipinski definition) is 3. The second kappa shape index (κ2) is 5.86. The van der Waals surface area contributed by atoms with Crippen LogP contribution in [0.15, 0.2) is 35.3 Å². The van der Waals surface area contributed by atoms with E-state index in [9.17, 15) is 4.79 Å². The minimum absolute atomic E-state index is 0.00227. The molecule has 1 heterocycles. The highest BCUT2D eigenvalue weighted by Crippen LogP contribution is 2.43. The molecule has 2 unspecified atom stereocenters. The van der Waals surface area contributed by atoms with Crippen molar-refractivity contribution in [2.75, 3.05) is 6.54 Å². The maximum absolute atomic E-state index is 12.0. The number of benzene rings is 1. The minimum Gasteiger partial charge on any atom is -0.458 e. The first-order chi connectivity index (χ1) is 10.5. The van der Waals surface area contributed by atoms with E-state index in [1.807, 2.05) is 6.07 Å². The maximum Gasteiger partial charge on any atom is 0.354 e. The van der Waals surface area contributed by atoms with Crippen LogP contribution in [0.2, 0.25) is 0 Å². The van der Waals surface area contributed by atoms with Gasteiger partial charge in [0.25, 0.3) is 0 Å². The Bertz CT molecular complexity index is 576. The van der Waals surface area contributed by atoms with Crippen LogP contribution in [0, 0.1) is 11.8 Å². The average molecular weight is 299 g/mol. The molecular formula is C19H25NO2. The first-order valence-corrected chi connectivity index (χ1v) is 8.28. The molecule has 22 heavy (non-hydrogen) atoms. The van der Waals surface area contributed by atoms with Gasteiger partial charge in [-0.1, -0.05) is 57.5 Å². The van der Waals surface area contributed by atoms with Gasteiger partial charge in [0, 0.05) is 5.92 Å². The Morgan fingerprint density at radius 3 is 2.55 bits per heavy atom. The maximum atomic E-state index is 12.0. The van der Waals surface area contributed by atoms with E-state index in [1.165, 1.54) is 12.0 Å². The van der Waals surface area contributed by atoms with Crippen LogP contribution in [0.3, 0.4) is 0 Å². The van der Waals surface area contributed by atoms with Crippen molar-refractivity contribution in [1.82, 2.24) is 0 Å². The Kier molecular flexibility index (Phi) is 4.07. The number of ether oxygens (including phenoxy) is 1. The molecule has 3 atom stereocenters. The molecule has 0 N–H and O–H groups in total. The van der Waals surface area contributed by atoms with Crippen LogP contribution in [-0.4, -0.2) is 24.3 Å². The molecule has 1 aromatic rings. The van der Waals surface area contributed by atoms with E-state index in [2.05, 4.69) is 50.0 Å². The predicted octanol–water partition coefficient (Wildman–Crippen LogP) is 3.77. The van der Waals surface area contributed by atoms with Crippen molar-refractivity contribution in [2.24, 2.45) is 16.8 Å². The van der Waals surface area contributed by atoms with Crippen LogP contribution in [0.5, 0.6) is 0 Å². The summed E-state index contributed by atoms with van der Waals surface area (Å²) in [7, 11) is 0. The quantitative estimate of drug-likeness (QED) is 0.794. The summed E-state index contributed by atoms with van der Waals surface area (Å²) in [5.41, 5.74) is 1.92. The first-order valence-electron chi connectivity index (χ1n) is 8.28. The fraction of sp³-hybridized carbons (Fsp3) is 0.579. The van der Waals surface area contributed by atoms with Crippen LogP contribution in [0.4, 0.5) is 0 Å². The van der Waals surface area contributed by atoms with Gasteiger partial charge < -0.3 is 4.74 Å². The van der Waals surface area contributed by atoms with Crippen LogP contribution in [-0.2, 0) is 14.9 Å². The van der Waals surface area contributed by atoms with Crippen molar-refractivity contribution in [3.63, 3.8) is 0 Å². The summed E-state index contributed by atoms with van der Waals surface area (Å²) in [6, 6.07) is 10.6. The van der Waals surface area contributed by atoms with E-state index in [0.717, 1.165) is 12.8 Å². The molecule has 2 aliphatic rings. The molecule has 118 valence electrons. The normalized spacial score (nSPS) is 28.0. The molecule has 1 saturated carbocycles. The molecule has 1 aliphatic heterocycles. The highest BCUT2D eigenvalue weighted by Gasteiger charge is 2.42. The summed E-state index contributed by atoms with van der Waals surface area (Å²) in [5.74, 6) is 0.768. The molecule has 1 aliphatic carbocycles. The van der Waals surface area contributed by atoms with Gasteiger partial charge in [-0.25, -0.2) is 4.79 Å². The molecule has 0 saturated heterocycles. The number of carbonyl (C=O) groups excluding carboxylic acids is 1. The largest absolute Gasteiger partial charge is 0.458 e. The third-order valence-corrected chi connectivity index (χ3v) is 5.31. The third kappa shape index (κ3) is 3.08. The van der Waals surface area contributed by atoms with Gasteiger partial charge in [-0.2, -0.15) is 0 Å². The molecule has 3 nitrogen and oxygen atoms in total. The SMILES string of the molecule is C[C@H]1CCC(C(C)(C)c2ccccc2)C(OC(=O)C2=NC2)C1. The Labute approximate surface area is 132 Å². The molecule has 1 aromatic carbocycles. The summed E-state index contributed by atoms with van der Waals surface area (Å²) in [6.07, 6.45) is 3.26. The second-order valence-electron chi connectivity index (χ2n) is 7.32. The Balaban J connectivity index is 1.81. The fourth-order valence-corrected chi connectivity index (χ4v) is 3.74. The molecule has 0 amide bonds. The number of rotatable bonds is 4. The number of hydrogen-bond donors (Lipinski definition) is 0. The Morgan fingerprint density at radius 1 is 1.23 bits per heavy atom. The van der Waals surface area contributed by atoms with E-state index < -0.39 is 0 Å². The van der Waals surface area contributed by atoms with Crippen molar-refractivity contribution in [2.45, 2.75) is 51.6 Å². The van der Waals surface area contributed by atoms with Gasteiger partial charge in [0.2, 0.25) is 0 Å². The molecule has 0 spiro atoms. The van der Waals surface area contributed by atoms with E-state index in [0.29, 0.717) is 24.1 Å². The Hall–Kier alpha value is -1.64. The van der Waals surface area contributed by atoms with Crippen LogP contribution in [0.1, 0.15) is 45.6 Å². The summed E-state index contributed by atoms with van der Waals surface area (Å²) in [6.45, 7) is 7.37. The average Bonchev–Trinajstić information content (AvgIpc) is 3.32. The van der Waals surface area contributed by atoms with E-state index in [4.69, 9.17) is 4.74 Å². The topological polar surface area (TPSA) is 38.7 Å². The van der Waals surface area contributed by atoms with Crippen LogP contribution < -0.4 is 0 Å². The lowest BCUT2D eigenvalue weighted by atomic mass is 9.64. The third-order valence-electron chi connectivity index (χ3n) is 5.31. The molecule has 0 aromatic heterocycles. The molecular weight excluding hydrogens is 274 g/mol. The highest BCUT2D eigenvalue weighted by molar-refractivity contribution is 6.42. The standard InChI is InChI=1S/C19H25NO2/c1-13-9-10-15(17(11-13)22-18(21)16-12-20-16)19(2,3)14-7-5-4-6-8-14/h4-8,13,15,17H,9-12H2,1-3H3/t13-,15?,17?/m0/s1. The highest BCUT2D eigenvalue weighted by atomic mass is 16.5. The zero-order valence-corrected chi connectivity index (χ0v) is 13.7. The van der Waals surface area contributed by atoms with Crippen molar-refractivity contribution in [1.29, 1.82) is 0 Å². The fourth-order valence-electron chi connectivity index (χ4n) is 3.74. The second-order valence-corrected chi connectivity index (χ2v) is 7.32. The zero-order chi connectivity index (χ0) is 15.7. The molecule has 0 bridgehead atoms. The van der Waals surface area contributed by atoms with Gasteiger partial charge in [-0.3, -0.25) is 4.99 Å². The molecule has 1 fully saturated rings. The molecule has 3 heteroatoms. The number of nitrogens with zero attached hydrogens (tertiary/aromatic N) is 1. The van der Waals surface area contributed by atoms with Gasteiger partial charge in [0.1, 0.15) is 11.8 Å². The lowest BCUT2D eigenvalue weighted by Gasteiger charge is -2.43. The smallest absolute Gasteiger partial charge is 0.354 e. The van der Waals surface area contributed by atoms with Gasteiger partial charge >= 0.3 is 5.97 Å². The monoisotopic (exact) mass is 299 g/mol. The van der Waals surface area contributed by atoms with Gasteiger partial charge in [0.15, 0.2) is 0 Å². The van der Waals surface area contributed by atoms with Gasteiger partial charge in [-0.15, -0.1) is 0 Å². The van der Waals surface area contributed by atoms with Gasteiger partial charge in [0.05, 0.1) is 6.54 Å². The Morgan fingerprint density at radius 2 is 1.91 bits per heavy atom. The van der Waals surface area contributed by atoms with Crippen molar-refractivity contribution in [3.05, 3.63) is 35.9 Å². The lowest BCUT2D eigenvalue weighted by molar-refractivity contribution is -0.147. The summed E-state index contributed by atoms with van der Waals surface area (Å²) < 4.78 is 5.84. The zero-order valence-electron chi connectivity index (χ0n) is 13.7. The van der Waals surface area contributed by atoms with Crippen molar-refractivity contribution in [3.8, 4) is 0 Å². The van der Waals surface area contributed by atoms with Crippen molar-refractivity contribution < 1.29 is 9.53 Å². The molecule has 0 radical (unpaired) electrons. The summed E-state index contributed by atoms with van der Waals surface area (Å²) in [4.78, 5) is 16.0. The van der Waals surface area contributed by atoms with E-state index >= 15 is 0 Å². The summed E-state index contributed by atoms with van der Waals surface area (Å²) >= 11 is 0. The van der Waals surface area contributed by atoms with Gasteiger partial charge in [-0.05, 0) is 29.7 Å². The number of aliphatic imine (C=N–C) groups is 1. The van der Waals surface area contributed by atoms with E-state index in [-0.39, 0.29) is 17.5 Å².